The summed E-state index contributed by atoms with van der Waals surface area (Å²) in [6.07, 6.45) is 3.04. The summed E-state index contributed by atoms with van der Waals surface area (Å²) in [5.41, 5.74) is 2.95. The third-order valence-electron chi connectivity index (χ3n) is 6.34. The van der Waals surface area contributed by atoms with Gasteiger partial charge in [0, 0.05) is 19.5 Å². The number of amides is 2. The van der Waals surface area contributed by atoms with Crippen LogP contribution in [0, 0.1) is 6.92 Å². The predicted molar refractivity (Wildman–Crippen MR) is 157 cm³/mol. The van der Waals surface area contributed by atoms with E-state index in [2.05, 4.69) is 5.32 Å². The summed E-state index contributed by atoms with van der Waals surface area (Å²) in [5.74, 6) is -0.787. The Morgan fingerprint density at radius 3 is 2.26 bits per heavy atom. The zero-order valence-corrected chi connectivity index (χ0v) is 24.2. The van der Waals surface area contributed by atoms with E-state index >= 15 is 0 Å². The molecule has 0 radical (unpaired) electrons. The van der Waals surface area contributed by atoms with Crippen molar-refractivity contribution in [3.05, 3.63) is 101 Å². The fourth-order valence-corrected chi connectivity index (χ4v) is 5.47. The predicted octanol–water partition coefficient (Wildman–Crippen LogP) is 4.97. The average molecular weight is 570 g/mol. The highest BCUT2D eigenvalue weighted by Crippen LogP contribution is 2.27. The van der Waals surface area contributed by atoms with Crippen LogP contribution in [-0.4, -0.2) is 50.5 Å². The van der Waals surface area contributed by atoms with Crippen molar-refractivity contribution in [2.24, 2.45) is 0 Å². The molecule has 208 valence electrons. The largest absolute Gasteiger partial charge is 0.354 e. The number of nitrogens with one attached hydrogen (secondary N) is 1. The number of aryl methyl sites for hydroxylation is 1. The molecule has 0 unspecified atom stereocenters. The Labute approximate surface area is 236 Å². The van der Waals surface area contributed by atoms with Crippen LogP contribution in [0.3, 0.4) is 0 Å². The summed E-state index contributed by atoms with van der Waals surface area (Å²) >= 11 is 6.33. The van der Waals surface area contributed by atoms with Gasteiger partial charge in [0.2, 0.25) is 21.8 Å². The fourth-order valence-electron chi connectivity index (χ4n) is 4.32. The Hall–Kier alpha value is -3.36. The van der Waals surface area contributed by atoms with Gasteiger partial charge in [-0.1, -0.05) is 97.2 Å². The highest BCUT2D eigenvalue weighted by Gasteiger charge is 2.33. The second kappa shape index (κ2) is 14.1. The maximum atomic E-state index is 14.0. The third-order valence-corrected chi connectivity index (χ3v) is 7.78. The molecule has 0 fully saturated rings. The average Bonchev–Trinajstić information content (AvgIpc) is 2.90. The van der Waals surface area contributed by atoms with Gasteiger partial charge in [-0.25, -0.2) is 8.42 Å². The normalized spacial score (nSPS) is 12.0. The molecule has 0 saturated heterocycles. The molecule has 0 spiro atoms. The first-order chi connectivity index (χ1) is 18.6. The zero-order valence-electron chi connectivity index (χ0n) is 22.6. The van der Waals surface area contributed by atoms with E-state index in [-0.39, 0.29) is 29.6 Å². The van der Waals surface area contributed by atoms with Crippen molar-refractivity contribution in [2.45, 2.75) is 45.7 Å². The van der Waals surface area contributed by atoms with Crippen LogP contribution in [0.15, 0.2) is 78.9 Å². The molecule has 3 rings (SSSR count). The fraction of sp³-hybridized carbons (Fsp3) is 0.333. The molecule has 2 amide bonds. The van der Waals surface area contributed by atoms with Gasteiger partial charge < -0.3 is 10.2 Å². The van der Waals surface area contributed by atoms with Crippen molar-refractivity contribution in [1.82, 2.24) is 10.2 Å². The summed E-state index contributed by atoms with van der Waals surface area (Å²) in [5, 5.41) is 3.18. The molecule has 3 aromatic carbocycles. The SMILES string of the molecule is CCCCNC(=O)[C@@H](Cc1ccccc1)N(Cc1cccc(C)c1)C(=O)CN(c1ccccc1Cl)S(C)(=O)=O. The van der Waals surface area contributed by atoms with Crippen molar-refractivity contribution in [3.8, 4) is 0 Å². The number of hydrogen-bond donors (Lipinski definition) is 1. The number of carbonyl (C=O) groups excluding carboxylic acids is 2. The lowest BCUT2D eigenvalue weighted by Crippen LogP contribution is -2.53. The summed E-state index contributed by atoms with van der Waals surface area (Å²) in [6, 6.07) is 22.8. The Morgan fingerprint density at radius 1 is 0.949 bits per heavy atom. The molecule has 9 heteroatoms. The topological polar surface area (TPSA) is 86.8 Å². The second-order valence-corrected chi connectivity index (χ2v) is 11.9. The van der Waals surface area contributed by atoms with Gasteiger partial charge >= 0.3 is 0 Å². The number of nitrogens with zero attached hydrogens (tertiary/aromatic N) is 2. The third kappa shape index (κ3) is 8.83. The number of rotatable bonds is 13. The molecule has 0 aliphatic carbocycles. The number of sulfonamides is 1. The molecule has 1 N–H and O–H groups in total. The van der Waals surface area contributed by atoms with Gasteiger partial charge in [-0.05, 0) is 36.6 Å². The summed E-state index contributed by atoms with van der Waals surface area (Å²) in [6.45, 7) is 4.12. The summed E-state index contributed by atoms with van der Waals surface area (Å²) in [4.78, 5) is 29.1. The molecular weight excluding hydrogens is 534 g/mol. The van der Waals surface area contributed by atoms with Crippen molar-refractivity contribution in [1.29, 1.82) is 0 Å². The molecule has 39 heavy (non-hydrogen) atoms. The number of para-hydroxylation sites is 1. The van der Waals surface area contributed by atoms with Crippen LogP contribution in [0.4, 0.5) is 5.69 Å². The van der Waals surface area contributed by atoms with Crippen LogP contribution in [0.1, 0.15) is 36.5 Å². The first kappa shape index (κ1) is 30.2. The van der Waals surface area contributed by atoms with Crippen LogP contribution >= 0.6 is 11.6 Å². The number of hydrogen-bond acceptors (Lipinski definition) is 4. The first-order valence-corrected chi connectivity index (χ1v) is 15.2. The minimum Gasteiger partial charge on any atom is -0.354 e. The van der Waals surface area contributed by atoms with E-state index in [1.165, 1.54) is 4.90 Å². The summed E-state index contributed by atoms with van der Waals surface area (Å²) < 4.78 is 26.7. The molecule has 3 aromatic rings. The van der Waals surface area contributed by atoms with Crippen LogP contribution in [-0.2, 0) is 32.6 Å². The molecule has 0 bridgehead atoms. The van der Waals surface area contributed by atoms with Crippen molar-refractivity contribution in [2.75, 3.05) is 23.7 Å². The quantitative estimate of drug-likeness (QED) is 0.294. The zero-order chi connectivity index (χ0) is 28.4. The molecular formula is C30H36ClN3O4S. The molecule has 0 heterocycles. The number of anilines is 1. The minimum absolute atomic E-state index is 0.138. The molecule has 0 aliphatic rings. The van der Waals surface area contributed by atoms with Crippen LogP contribution in [0.5, 0.6) is 0 Å². The molecule has 7 nitrogen and oxygen atoms in total. The van der Waals surface area contributed by atoms with E-state index in [4.69, 9.17) is 11.6 Å². The summed E-state index contributed by atoms with van der Waals surface area (Å²) in [7, 11) is -3.87. The highest BCUT2D eigenvalue weighted by molar-refractivity contribution is 7.92. The Morgan fingerprint density at radius 2 is 1.62 bits per heavy atom. The maximum absolute atomic E-state index is 14.0. The van der Waals surface area contributed by atoms with Crippen LogP contribution in [0.2, 0.25) is 5.02 Å². The Balaban J connectivity index is 2.04. The van der Waals surface area contributed by atoms with Gasteiger partial charge in [0.15, 0.2) is 0 Å². The van der Waals surface area contributed by atoms with Gasteiger partial charge in [0.1, 0.15) is 12.6 Å². The van der Waals surface area contributed by atoms with Gasteiger partial charge in [-0.3, -0.25) is 13.9 Å². The van der Waals surface area contributed by atoms with E-state index in [0.717, 1.165) is 40.1 Å². The second-order valence-electron chi connectivity index (χ2n) is 9.58. The smallest absolute Gasteiger partial charge is 0.244 e. The van der Waals surface area contributed by atoms with Crippen molar-refractivity contribution < 1.29 is 18.0 Å². The lowest BCUT2D eigenvalue weighted by molar-refractivity contribution is -0.140. The van der Waals surface area contributed by atoms with Crippen molar-refractivity contribution >= 4 is 39.1 Å². The van der Waals surface area contributed by atoms with E-state index in [1.807, 2.05) is 68.4 Å². The molecule has 0 saturated carbocycles. The van der Waals surface area contributed by atoms with E-state index in [1.54, 1.807) is 24.3 Å². The van der Waals surface area contributed by atoms with E-state index in [9.17, 15) is 18.0 Å². The number of benzene rings is 3. The van der Waals surface area contributed by atoms with Crippen LogP contribution < -0.4 is 9.62 Å². The minimum atomic E-state index is -3.87. The van der Waals surface area contributed by atoms with Gasteiger partial charge in [-0.15, -0.1) is 0 Å². The lowest BCUT2D eigenvalue weighted by atomic mass is 10.0. The maximum Gasteiger partial charge on any atom is 0.244 e. The first-order valence-electron chi connectivity index (χ1n) is 13.0. The molecule has 1 atom stereocenters. The standard InChI is InChI=1S/C30H36ClN3O4S/c1-4-5-18-32-30(36)28(20-24-13-7-6-8-14-24)33(21-25-15-11-12-23(2)19-25)29(35)22-34(39(3,37)38)27-17-10-9-16-26(27)31/h6-17,19,28H,4-5,18,20-22H2,1-3H3,(H,32,36)/t28-/m1/s1. The monoisotopic (exact) mass is 569 g/mol. The van der Waals surface area contributed by atoms with E-state index in [0.29, 0.717) is 6.54 Å². The Kier molecular flexibility index (Phi) is 10.9. The Bertz CT molecular complexity index is 1370. The lowest BCUT2D eigenvalue weighted by Gasteiger charge is -2.33. The number of unbranched alkanes of at least 4 members (excludes halogenated alkanes) is 1. The molecule has 0 aromatic heterocycles. The van der Waals surface area contributed by atoms with Gasteiger partial charge in [-0.2, -0.15) is 0 Å². The van der Waals surface area contributed by atoms with Gasteiger partial charge in [0.25, 0.3) is 0 Å². The van der Waals surface area contributed by atoms with Gasteiger partial charge in [0.05, 0.1) is 17.0 Å². The number of carbonyl (C=O) groups is 2. The molecule has 0 aliphatic heterocycles. The number of halogens is 1. The van der Waals surface area contributed by atoms with E-state index < -0.39 is 28.5 Å². The van der Waals surface area contributed by atoms with Crippen molar-refractivity contribution in [3.63, 3.8) is 0 Å². The van der Waals surface area contributed by atoms with Crippen LogP contribution in [0.25, 0.3) is 0 Å². The highest BCUT2D eigenvalue weighted by atomic mass is 35.5.